The first-order valence-corrected chi connectivity index (χ1v) is 9.54. The largest absolute Gasteiger partial charge is 0.326 e. The molecule has 0 bridgehead atoms. The minimum Gasteiger partial charge on any atom is -0.326 e. The first-order valence-electron chi connectivity index (χ1n) is 9.17. The van der Waals surface area contributed by atoms with E-state index in [2.05, 4.69) is 65.1 Å². The average Bonchev–Trinajstić information content (AvgIpc) is 2.52. The zero-order valence-corrected chi connectivity index (χ0v) is 17.5. The van der Waals surface area contributed by atoms with Gasteiger partial charge in [-0.2, -0.15) is 0 Å². The lowest BCUT2D eigenvalue weighted by molar-refractivity contribution is -0.116. The van der Waals surface area contributed by atoms with Gasteiger partial charge < -0.3 is 5.32 Å². The Morgan fingerprint density at radius 1 is 0.962 bits per heavy atom. The third-order valence-corrected chi connectivity index (χ3v) is 4.92. The van der Waals surface area contributed by atoms with Crippen LogP contribution in [0.4, 0.5) is 5.69 Å². The Labute approximate surface area is 163 Å². The van der Waals surface area contributed by atoms with Crippen LogP contribution in [0.1, 0.15) is 64.7 Å². The molecule has 0 aliphatic heterocycles. The summed E-state index contributed by atoms with van der Waals surface area (Å²) < 4.78 is 0. The quantitative estimate of drug-likeness (QED) is 0.652. The molecule has 0 aliphatic rings. The van der Waals surface area contributed by atoms with Gasteiger partial charge in [0.2, 0.25) is 5.91 Å². The highest BCUT2D eigenvalue weighted by molar-refractivity contribution is 6.31. The van der Waals surface area contributed by atoms with Gasteiger partial charge in [0.1, 0.15) is 0 Å². The van der Waals surface area contributed by atoms with E-state index < -0.39 is 0 Å². The molecule has 2 aromatic carbocycles. The number of benzene rings is 2. The smallest absolute Gasteiger partial charge is 0.224 e. The van der Waals surface area contributed by atoms with E-state index in [-0.39, 0.29) is 16.7 Å². The maximum absolute atomic E-state index is 12.6. The number of carbonyl (C=O) groups excluding carboxylic acids is 1. The fourth-order valence-electron chi connectivity index (χ4n) is 2.93. The van der Waals surface area contributed by atoms with E-state index in [1.165, 1.54) is 5.56 Å². The second kappa shape index (κ2) is 7.84. The molecule has 0 saturated heterocycles. The van der Waals surface area contributed by atoms with Crippen molar-refractivity contribution >= 4 is 23.2 Å². The first-order chi connectivity index (χ1) is 12.0. The molecule has 0 saturated carbocycles. The van der Waals surface area contributed by atoms with Gasteiger partial charge in [0.05, 0.1) is 0 Å². The van der Waals surface area contributed by atoms with Gasteiger partial charge in [-0.05, 0) is 46.1 Å². The average molecular weight is 372 g/mol. The van der Waals surface area contributed by atoms with Crippen LogP contribution in [0.15, 0.2) is 42.5 Å². The number of hydrogen-bond acceptors (Lipinski definition) is 1. The Morgan fingerprint density at radius 2 is 1.62 bits per heavy atom. The van der Waals surface area contributed by atoms with Gasteiger partial charge in [0.15, 0.2) is 0 Å². The molecule has 0 radical (unpaired) electrons. The topological polar surface area (TPSA) is 29.1 Å². The van der Waals surface area contributed by atoms with Crippen LogP contribution in [0, 0.1) is 0 Å². The Balaban J connectivity index is 2.20. The molecule has 0 fully saturated rings. The van der Waals surface area contributed by atoms with Gasteiger partial charge in [-0.3, -0.25) is 4.79 Å². The molecule has 0 atom stereocenters. The molecule has 2 nitrogen and oxygen atoms in total. The van der Waals surface area contributed by atoms with Crippen LogP contribution in [0.5, 0.6) is 0 Å². The normalized spacial score (nSPS) is 12.1. The highest BCUT2D eigenvalue weighted by atomic mass is 35.5. The Bertz CT molecular complexity index is 782. The predicted molar refractivity (Wildman–Crippen MR) is 112 cm³/mol. The Kier molecular flexibility index (Phi) is 6.18. The molecule has 0 heterocycles. The van der Waals surface area contributed by atoms with E-state index >= 15 is 0 Å². The van der Waals surface area contributed by atoms with Crippen molar-refractivity contribution < 1.29 is 4.79 Å². The molecule has 1 N–H and O–H groups in total. The number of carbonyl (C=O) groups is 1. The van der Waals surface area contributed by atoms with Crippen molar-refractivity contribution in [3.05, 3.63) is 64.2 Å². The summed E-state index contributed by atoms with van der Waals surface area (Å²) in [6.07, 6.45) is 1.04. The van der Waals surface area contributed by atoms with Crippen LogP contribution in [0.2, 0.25) is 5.02 Å². The summed E-state index contributed by atoms with van der Waals surface area (Å²) in [5.74, 6) is 0.0153. The standard InChI is InChI=1S/C23H30ClNO/c1-22(2,3)17-12-13-18(23(4,5)6)20(15-17)25-21(26)14-11-16-9-7-8-10-19(16)24/h7-10,12-13,15H,11,14H2,1-6H3,(H,25,26). The number of anilines is 1. The van der Waals surface area contributed by atoms with Crippen molar-refractivity contribution in [3.8, 4) is 0 Å². The molecule has 0 aliphatic carbocycles. The Hall–Kier alpha value is -1.80. The lowest BCUT2D eigenvalue weighted by Gasteiger charge is -2.27. The third-order valence-electron chi connectivity index (χ3n) is 4.55. The SMILES string of the molecule is CC(C)(C)c1ccc(C(C)(C)C)c(NC(=O)CCc2ccccc2Cl)c1. The van der Waals surface area contributed by atoms with Crippen molar-refractivity contribution in [2.24, 2.45) is 0 Å². The molecular formula is C23H30ClNO. The fourth-order valence-corrected chi connectivity index (χ4v) is 3.16. The highest BCUT2D eigenvalue weighted by Crippen LogP contribution is 2.34. The summed E-state index contributed by atoms with van der Waals surface area (Å²) in [5, 5.41) is 3.85. The molecule has 140 valence electrons. The monoisotopic (exact) mass is 371 g/mol. The van der Waals surface area contributed by atoms with Crippen LogP contribution in [0.25, 0.3) is 0 Å². The van der Waals surface area contributed by atoms with Crippen LogP contribution >= 0.6 is 11.6 Å². The molecule has 2 aromatic rings. The summed E-state index contributed by atoms with van der Waals surface area (Å²) in [6.45, 7) is 13.0. The molecule has 2 rings (SSSR count). The van der Waals surface area contributed by atoms with E-state index in [9.17, 15) is 4.79 Å². The number of rotatable bonds is 4. The van der Waals surface area contributed by atoms with Crippen LogP contribution in [0.3, 0.4) is 0 Å². The van der Waals surface area contributed by atoms with E-state index in [1.807, 2.05) is 24.3 Å². The molecule has 0 spiro atoms. The number of amides is 1. The number of hydrogen-bond donors (Lipinski definition) is 1. The first kappa shape index (κ1) is 20.5. The second-order valence-electron chi connectivity index (χ2n) is 8.90. The number of aryl methyl sites for hydroxylation is 1. The molecule has 26 heavy (non-hydrogen) atoms. The lowest BCUT2D eigenvalue weighted by Crippen LogP contribution is -2.21. The van der Waals surface area contributed by atoms with Crippen molar-refractivity contribution in [3.63, 3.8) is 0 Å². The predicted octanol–water partition coefficient (Wildman–Crippen LogP) is 6.51. The zero-order chi connectivity index (χ0) is 19.5. The number of nitrogens with one attached hydrogen (secondary N) is 1. The maximum atomic E-state index is 12.6. The van der Waals surface area contributed by atoms with Gasteiger partial charge in [0.25, 0.3) is 0 Å². The molecule has 0 unspecified atom stereocenters. The fraction of sp³-hybridized carbons (Fsp3) is 0.435. The van der Waals surface area contributed by atoms with E-state index in [1.54, 1.807) is 0 Å². The van der Waals surface area contributed by atoms with E-state index in [0.29, 0.717) is 17.9 Å². The molecule has 3 heteroatoms. The summed E-state index contributed by atoms with van der Waals surface area (Å²) in [6, 6.07) is 14.1. The minimum atomic E-state index is -0.0399. The minimum absolute atomic E-state index is 0.0153. The second-order valence-corrected chi connectivity index (χ2v) is 9.31. The van der Waals surface area contributed by atoms with Crippen molar-refractivity contribution in [2.75, 3.05) is 5.32 Å². The molecular weight excluding hydrogens is 342 g/mol. The van der Waals surface area contributed by atoms with Gasteiger partial charge in [0, 0.05) is 17.1 Å². The number of halogens is 1. The summed E-state index contributed by atoms with van der Waals surface area (Å²) in [7, 11) is 0. The van der Waals surface area contributed by atoms with E-state index in [4.69, 9.17) is 11.6 Å². The zero-order valence-electron chi connectivity index (χ0n) is 16.7. The van der Waals surface area contributed by atoms with Crippen molar-refractivity contribution in [2.45, 2.75) is 65.2 Å². The van der Waals surface area contributed by atoms with Gasteiger partial charge in [-0.25, -0.2) is 0 Å². The van der Waals surface area contributed by atoms with Crippen molar-refractivity contribution in [1.82, 2.24) is 0 Å². The summed E-state index contributed by atoms with van der Waals surface area (Å²) in [4.78, 5) is 12.6. The van der Waals surface area contributed by atoms with Crippen molar-refractivity contribution in [1.29, 1.82) is 0 Å². The van der Waals surface area contributed by atoms with Crippen LogP contribution in [-0.4, -0.2) is 5.91 Å². The maximum Gasteiger partial charge on any atom is 0.224 e. The van der Waals surface area contributed by atoms with Crippen LogP contribution < -0.4 is 5.32 Å². The summed E-state index contributed by atoms with van der Waals surface area (Å²) in [5.41, 5.74) is 4.27. The third kappa shape index (κ3) is 5.35. The lowest BCUT2D eigenvalue weighted by atomic mass is 9.81. The summed E-state index contributed by atoms with van der Waals surface area (Å²) >= 11 is 6.19. The van der Waals surface area contributed by atoms with Gasteiger partial charge in [-0.15, -0.1) is 0 Å². The van der Waals surface area contributed by atoms with E-state index in [0.717, 1.165) is 16.8 Å². The molecule has 1 amide bonds. The van der Waals surface area contributed by atoms with Gasteiger partial charge >= 0.3 is 0 Å². The molecule has 0 aromatic heterocycles. The van der Waals surface area contributed by atoms with Gasteiger partial charge in [-0.1, -0.05) is 83.5 Å². The van der Waals surface area contributed by atoms with Crippen LogP contribution in [-0.2, 0) is 22.0 Å². The highest BCUT2D eigenvalue weighted by Gasteiger charge is 2.22. The Morgan fingerprint density at radius 3 is 2.19 bits per heavy atom.